The average molecular weight is 223 g/mol. The quantitative estimate of drug-likeness (QED) is 0.505. The van der Waals surface area contributed by atoms with E-state index in [1.807, 2.05) is 0 Å². The maximum absolute atomic E-state index is 10.2. The minimum atomic E-state index is -3.84. The Morgan fingerprint density at radius 2 is 1.50 bits per heavy atom. The number of nitrogens with two attached hydrogens (primary N) is 1. The van der Waals surface area contributed by atoms with Crippen LogP contribution in [0.1, 0.15) is 27.7 Å². The van der Waals surface area contributed by atoms with Crippen LogP contribution in [0.3, 0.4) is 0 Å². The second kappa shape index (κ2) is 5.11. The molecule has 0 aliphatic rings. The van der Waals surface area contributed by atoms with Gasteiger partial charge in [-0.1, -0.05) is 6.58 Å². The Morgan fingerprint density at radius 3 is 1.50 bits per heavy atom. The molecule has 1 amide bonds. The molecule has 0 fully saturated rings. The van der Waals surface area contributed by atoms with Gasteiger partial charge in [0.1, 0.15) is 0 Å². The third-order valence-electron chi connectivity index (χ3n) is 1.19. The van der Waals surface area contributed by atoms with Crippen molar-refractivity contribution in [1.29, 1.82) is 0 Å². The Kier molecular flexibility index (Phi) is 5.69. The molecule has 14 heavy (non-hydrogen) atoms. The fraction of sp³-hybridized carbons (Fsp3) is 0.625. The molecule has 3 N–H and O–H groups in total. The summed E-state index contributed by atoms with van der Waals surface area (Å²) >= 11 is 0. The summed E-state index contributed by atoms with van der Waals surface area (Å²) in [7, 11) is -3.84. The van der Waals surface area contributed by atoms with Crippen LogP contribution in [0.25, 0.3) is 0 Å². The van der Waals surface area contributed by atoms with Gasteiger partial charge in [0.15, 0.2) is 0 Å². The first-order valence-corrected chi connectivity index (χ1v) is 5.26. The van der Waals surface area contributed by atoms with Crippen molar-refractivity contribution in [2.75, 3.05) is 0 Å². The van der Waals surface area contributed by atoms with Crippen LogP contribution in [0.4, 0.5) is 0 Å². The maximum atomic E-state index is 10.2. The van der Waals surface area contributed by atoms with Crippen molar-refractivity contribution in [3.05, 3.63) is 12.2 Å². The molecule has 0 saturated heterocycles. The minimum absolute atomic E-state index is 0.398. The molecule has 0 radical (unpaired) electrons. The third kappa shape index (κ3) is 7.75. The van der Waals surface area contributed by atoms with Gasteiger partial charge >= 0.3 is 0 Å². The zero-order valence-electron chi connectivity index (χ0n) is 8.86. The lowest BCUT2D eigenvalue weighted by atomic mass is 10.3. The van der Waals surface area contributed by atoms with E-state index in [-0.39, 0.29) is 0 Å². The molecule has 0 atom stereocenters. The molecule has 0 bridgehead atoms. The van der Waals surface area contributed by atoms with Gasteiger partial charge in [-0.3, -0.25) is 9.35 Å². The van der Waals surface area contributed by atoms with Crippen molar-refractivity contribution in [2.45, 2.75) is 32.4 Å². The van der Waals surface area contributed by atoms with E-state index in [0.717, 1.165) is 0 Å². The Balaban J connectivity index is 0. The second-order valence-corrected chi connectivity index (χ2v) is 5.91. The summed E-state index contributed by atoms with van der Waals surface area (Å²) in [6.45, 7) is 9.15. The van der Waals surface area contributed by atoms with Crippen LogP contribution in [0, 0.1) is 0 Å². The standard InChI is InChI=1S/C4H7NO.C4H10O3S/c1-3(2)4(5)6;1-4(2,3)8(5,6)7/h1H2,2H3,(H2,5,6);1-3H3,(H,5,6,7). The van der Waals surface area contributed by atoms with Crippen LogP contribution in [0.2, 0.25) is 0 Å². The molecule has 5 nitrogen and oxygen atoms in total. The Labute approximate surface area is 84.7 Å². The van der Waals surface area contributed by atoms with Crippen molar-refractivity contribution < 1.29 is 17.8 Å². The van der Waals surface area contributed by atoms with E-state index in [1.165, 1.54) is 20.8 Å². The number of rotatable bonds is 1. The summed E-state index contributed by atoms with van der Waals surface area (Å²) in [4.78, 5) is 9.82. The van der Waals surface area contributed by atoms with Gasteiger partial charge in [-0.05, 0) is 27.7 Å². The molecule has 0 spiro atoms. The van der Waals surface area contributed by atoms with Crippen LogP contribution in [0.5, 0.6) is 0 Å². The summed E-state index contributed by atoms with van der Waals surface area (Å²) in [6.07, 6.45) is 0. The van der Waals surface area contributed by atoms with Crippen LogP contribution in [-0.2, 0) is 14.9 Å². The summed E-state index contributed by atoms with van der Waals surface area (Å²) in [5.74, 6) is -0.435. The summed E-state index contributed by atoms with van der Waals surface area (Å²) in [5.41, 5.74) is 5.09. The van der Waals surface area contributed by atoms with Gasteiger partial charge in [-0.2, -0.15) is 8.42 Å². The van der Waals surface area contributed by atoms with Gasteiger partial charge in [-0.25, -0.2) is 0 Å². The number of hydrogen-bond donors (Lipinski definition) is 2. The molecule has 0 aromatic rings. The summed E-state index contributed by atoms with van der Waals surface area (Å²) < 4.78 is 27.7. The minimum Gasteiger partial charge on any atom is -0.366 e. The number of carbonyl (C=O) groups is 1. The molecule has 0 rings (SSSR count). The van der Waals surface area contributed by atoms with Gasteiger partial charge in [0.25, 0.3) is 10.1 Å². The van der Waals surface area contributed by atoms with E-state index in [1.54, 1.807) is 6.92 Å². The Bertz CT molecular complexity index is 299. The largest absolute Gasteiger partial charge is 0.366 e. The molecule has 0 unspecified atom stereocenters. The molecule has 0 aromatic carbocycles. The van der Waals surface area contributed by atoms with Crippen LogP contribution in [-0.4, -0.2) is 23.6 Å². The van der Waals surface area contributed by atoms with E-state index in [2.05, 4.69) is 6.58 Å². The van der Waals surface area contributed by atoms with Crippen molar-refractivity contribution in [2.24, 2.45) is 5.73 Å². The van der Waals surface area contributed by atoms with E-state index in [0.29, 0.717) is 5.57 Å². The lowest BCUT2D eigenvalue weighted by Gasteiger charge is -2.12. The molecule has 84 valence electrons. The SMILES string of the molecule is C=C(C)C(N)=O.CC(C)(C)S(=O)(=O)O. The van der Waals surface area contributed by atoms with Gasteiger partial charge in [0.05, 0.1) is 4.75 Å². The fourth-order valence-corrected chi connectivity index (χ4v) is 0. The highest BCUT2D eigenvalue weighted by Gasteiger charge is 2.25. The maximum Gasteiger partial charge on any atom is 0.269 e. The zero-order valence-corrected chi connectivity index (χ0v) is 9.68. The lowest BCUT2D eigenvalue weighted by Crippen LogP contribution is -2.26. The van der Waals surface area contributed by atoms with E-state index >= 15 is 0 Å². The van der Waals surface area contributed by atoms with E-state index in [4.69, 9.17) is 10.3 Å². The first-order valence-electron chi connectivity index (χ1n) is 3.82. The summed E-state index contributed by atoms with van der Waals surface area (Å²) in [5, 5.41) is 0. The van der Waals surface area contributed by atoms with Gasteiger partial charge < -0.3 is 5.73 Å². The number of primary amides is 1. The van der Waals surface area contributed by atoms with Crippen LogP contribution >= 0.6 is 0 Å². The van der Waals surface area contributed by atoms with E-state index < -0.39 is 20.8 Å². The normalized spacial score (nSPS) is 11.2. The van der Waals surface area contributed by atoms with Gasteiger partial charge in [0, 0.05) is 5.57 Å². The first-order chi connectivity index (χ1) is 5.89. The number of amides is 1. The average Bonchev–Trinajstić information content (AvgIpc) is 1.83. The van der Waals surface area contributed by atoms with Crippen molar-refractivity contribution in [3.8, 4) is 0 Å². The van der Waals surface area contributed by atoms with Crippen molar-refractivity contribution in [1.82, 2.24) is 0 Å². The topological polar surface area (TPSA) is 97.5 Å². The summed E-state index contributed by atoms with van der Waals surface area (Å²) in [6, 6.07) is 0. The highest BCUT2D eigenvalue weighted by atomic mass is 32.2. The fourth-order valence-electron chi connectivity index (χ4n) is 0. The van der Waals surface area contributed by atoms with Gasteiger partial charge in [-0.15, -0.1) is 0 Å². The lowest BCUT2D eigenvalue weighted by molar-refractivity contribution is -0.114. The van der Waals surface area contributed by atoms with Crippen molar-refractivity contribution in [3.63, 3.8) is 0 Å². The first kappa shape index (κ1) is 15.6. The predicted octanol–water partition coefficient (Wildman–Crippen LogP) is 0.721. The smallest absolute Gasteiger partial charge is 0.269 e. The van der Waals surface area contributed by atoms with Crippen LogP contribution < -0.4 is 5.73 Å². The van der Waals surface area contributed by atoms with Gasteiger partial charge in [0.2, 0.25) is 5.91 Å². The predicted molar refractivity (Wildman–Crippen MR) is 55.3 cm³/mol. The van der Waals surface area contributed by atoms with Crippen LogP contribution in [0.15, 0.2) is 12.2 Å². The molecule has 0 saturated carbocycles. The Morgan fingerprint density at radius 1 is 1.36 bits per heavy atom. The molecule has 0 aliphatic heterocycles. The molecule has 0 heterocycles. The Hall–Kier alpha value is -0.880. The number of carbonyl (C=O) groups excluding carboxylic acids is 1. The molecular formula is C8H17NO4S. The molecular weight excluding hydrogens is 206 g/mol. The zero-order chi connectivity index (χ0) is 12.2. The molecule has 0 aromatic heterocycles. The monoisotopic (exact) mass is 223 g/mol. The van der Waals surface area contributed by atoms with Crippen molar-refractivity contribution >= 4 is 16.0 Å². The van der Waals surface area contributed by atoms with E-state index in [9.17, 15) is 13.2 Å². The molecule has 0 aliphatic carbocycles. The number of hydrogen-bond acceptors (Lipinski definition) is 3. The highest BCUT2D eigenvalue weighted by Crippen LogP contribution is 2.11. The molecule has 6 heteroatoms. The second-order valence-electron chi connectivity index (χ2n) is 3.73. The third-order valence-corrected chi connectivity index (χ3v) is 2.74. The highest BCUT2D eigenvalue weighted by molar-refractivity contribution is 7.87.